The fourth-order valence-corrected chi connectivity index (χ4v) is 1.72. The zero-order valence-electron chi connectivity index (χ0n) is 8.69. The zero-order valence-corrected chi connectivity index (χ0v) is 9.50. The molecule has 0 amide bonds. The van der Waals surface area contributed by atoms with Crippen molar-refractivity contribution < 1.29 is 14.6 Å². The highest BCUT2D eigenvalue weighted by Gasteiger charge is 2.08. The third-order valence-corrected chi connectivity index (χ3v) is 2.57. The van der Waals surface area contributed by atoms with E-state index in [9.17, 15) is 9.90 Å². The topological polar surface area (TPSA) is 59.4 Å². The van der Waals surface area contributed by atoms with Crippen LogP contribution in [0.5, 0.6) is 5.75 Å². The molecule has 82 valence electrons. The standard InChI is InChI=1S/C10H13NO3S/c1-3-14-9(13)6-15-10-8(12)5-4-7(2)11-10/h4-5,12H,3,6H2,1-2H3. The minimum Gasteiger partial charge on any atom is -0.505 e. The lowest BCUT2D eigenvalue weighted by Crippen LogP contribution is -2.06. The van der Waals surface area contributed by atoms with Crippen molar-refractivity contribution in [2.75, 3.05) is 12.4 Å². The summed E-state index contributed by atoms with van der Waals surface area (Å²) >= 11 is 1.17. The largest absolute Gasteiger partial charge is 0.505 e. The van der Waals surface area contributed by atoms with Gasteiger partial charge in [0.2, 0.25) is 0 Å². The minimum atomic E-state index is -0.301. The molecule has 0 fully saturated rings. The Morgan fingerprint density at radius 2 is 2.33 bits per heavy atom. The normalized spacial score (nSPS) is 10.0. The molecular formula is C10H13NO3S. The summed E-state index contributed by atoms with van der Waals surface area (Å²) in [6.45, 7) is 3.95. The van der Waals surface area contributed by atoms with E-state index >= 15 is 0 Å². The van der Waals surface area contributed by atoms with Crippen molar-refractivity contribution in [2.45, 2.75) is 18.9 Å². The number of thioether (sulfide) groups is 1. The summed E-state index contributed by atoms with van der Waals surface area (Å²) < 4.78 is 4.76. The van der Waals surface area contributed by atoms with Gasteiger partial charge in [-0.3, -0.25) is 4.79 Å². The maximum atomic E-state index is 11.1. The van der Waals surface area contributed by atoms with E-state index in [0.717, 1.165) is 5.69 Å². The molecule has 15 heavy (non-hydrogen) atoms. The van der Waals surface area contributed by atoms with Gasteiger partial charge in [0.1, 0.15) is 10.8 Å². The van der Waals surface area contributed by atoms with E-state index < -0.39 is 0 Å². The van der Waals surface area contributed by atoms with Crippen molar-refractivity contribution in [2.24, 2.45) is 0 Å². The van der Waals surface area contributed by atoms with Gasteiger partial charge in [-0.25, -0.2) is 4.98 Å². The van der Waals surface area contributed by atoms with Gasteiger partial charge in [-0.05, 0) is 26.0 Å². The molecule has 0 saturated carbocycles. The van der Waals surface area contributed by atoms with Gasteiger partial charge in [0.25, 0.3) is 0 Å². The molecule has 1 heterocycles. The predicted molar refractivity (Wildman–Crippen MR) is 58.0 cm³/mol. The highest BCUT2D eigenvalue weighted by atomic mass is 32.2. The van der Waals surface area contributed by atoms with Gasteiger partial charge >= 0.3 is 5.97 Å². The maximum absolute atomic E-state index is 11.1. The predicted octanol–water partition coefficient (Wildman–Crippen LogP) is 1.75. The lowest BCUT2D eigenvalue weighted by atomic mass is 10.4. The van der Waals surface area contributed by atoms with Crippen molar-refractivity contribution in [3.63, 3.8) is 0 Å². The second-order valence-corrected chi connectivity index (χ2v) is 3.83. The van der Waals surface area contributed by atoms with Crippen LogP contribution in [0.3, 0.4) is 0 Å². The van der Waals surface area contributed by atoms with Crippen LogP contribution in [0.25, 0.3) is 0 Å². The first kappa shape index (κ1) is 11.8. The number of carbonyl (C=O) groups excluding carboxylic acids is 1. The Kier molecular flexibility index (Phi) is 4.42. The summed E-state index contributed by atoms with van der Waals surface area (Å²) in [6.07, 6.45) is 0. The van der Waals surface area contributed by atoms with Crippen molar-refractivity contribution in [1.82, 2.24) is 4.98 Å². The number of hydrogen-bond acceptors (Lipinski definition) is 5. The van der Waals surface area contributed by atoms with Gasteiger partial charge < -0.3 is 9.84 Å². The number of ether oxygens (including phenoxy) is 1. The number of carbonyl (C=O) groups is 1. The van der Waals surface area contributed by atoms with Crippen molar-refractivity contribution in [3.05, 3.63) is 17.8 Å². The molecule has 0 saturated heterocycles. The fraction of sp³-hybridized carbons (Fsp3) is 0.400. The van der Waals surface area contributed by atoms with Crippen LogP contribution in [0.1, 0.15) is 12.6 Å². The third-order valence-electron chi connectivity index (χ3n) is 1.61. The zero-order chi connectivity index (χ0) is 11.3. The number of hydrogen-bond donors (Lipinski definition) is 1. The summed E-state index contributed by atoms with van der Waals surface area (Å²) in [7, 11) is 0. The molecule has 0 aliphatic rings. The Labute approximate surface area is 92.7 Å². The molecule has 1 aromatic heterocycles. The van der Waals surface area contributed by atoms with E-state index in [1.807, 2.05) is 6.92 Å². The Morgan fingerprint density at radius 1 is 1.60 bits per heavy atom. The van der Waals surface area contributed by atoms with Crippen LogP contribution >= 0.6 is 11.8 Å². The maximum Gasteiger partial charge on any atom is 0.316 e. The van der Waals surface area contributed by atoms with Gasteiger partial charge in [-0.2, -0.15) is 0 Å². The molecular weight excluding hydrogens is 214 g/mol. The van der Waals surface area contributed by atoms with E-state index in [1.165, 1.54) is 11.8 Å². The molecule has 0 spiro atoms. The Hall–Kier alpha value is -1.23. The average molecular weight is 227 g/mol. The Balaban J connectivity index is 2.57. The average Bonchev–Trinajstić information content (AvgIpc) is 2.20. The van der Waals surface area contributed by atoms with Gasteiger partial charge in [0, 0.05) is 5.69 Å². The van der Waals surface area contributed by atoms with Crippen LogP contribution in [0.2, 0.25) is 0 Å². The molecule has 1 rings (SSSR count). The summed E-state index contributed by atoms with van der Waals surface area (Å²) in [4.78, 5) is 15.2. The highest BCUT2D eigenvalue weighted by Crippen LogP contribution is 2.25. The summed E-state index contributed by atoms with van der Waals surface area (Å²) in [5, 5.41) is 9.90. The smallest absolute Gasteiger partial charge is 0.316 e. The van der Waals surface area contributed by atoms with E-state index in [4.69, 9.17) is 4.74 Å². The number of rotatable bonds is 4. The molecule has 0 aliphatic carbocycles. The number of aromatic nitrogens is 1. The Morgan fingerprint density at radius 3 is 3.00 bits per heavy atom. The van der Waals surface area contributed by atoms with Crippen LogP contribution in [-0.2, 0) is 9.53 Å². The monoisotopic (exact) mass is 227 g/mol. The first-order valence-electron chi connectivity index (χ1n) is 4.58. The molecule has 0 aliphatic heterocycles. The van der Waals surface area contributed by atoms with E-state index in [2.05, 4.69) is 4.98 Å². The van der Waals surface area contributed by atoms with Gasteiger partial charge in [0.15, 0.2) is 0 Å². The van der Waals surface area contributed by atoms with Crippen LogP contribution < -0.4 is 0 Å². The quantitative estimate of drug-likeness (QED) is 0.627. The van der Waals surface area contributed by atoms with E-state index in [0.29, 0.717) is 11.6 Å². The summed E-state index contributed by atoms with van der Waals surface area (Å²) in [5.41, 5.74) is 0.805. The lowest BCUT2D eigenvalue weighted by Gasteiger charge is -2.04. The second kappa shape index (κ2) is 5.60. The molecule has 0 unspecified atom stereocenters. The second-order valence-electron chi connectivity index (χ2n) is 2.87. The molecule has 0 aromatic carbocycles. The number of pyridine rings is 1. The van der Waals surface area contributed by atoms with Crippen molar-refractivity contribution in [1.29, 1.82) is 0 Å². The van der Waals surface area contributed by atoms with E-state index in [1.54, 1.807) is 19.1 Å². The number of esters is 1. The van der Waals surface area contributed by atoms with Gasteiger partial charge in [-0.15, -0.1) is 0 Å². The van der Waals surface area contributed by atoms with E-state index in [-0.39, 0.29) is 17.5 Å². The van der Waals surface area contributed by atoms with Crippen LogP contribution in [-0.4, -0.2) is 28.4 Å². The number of aryl methyl sites for hydroxylation is 1. The van der Waals surface area contributed by atoms with Crippen molar-refractivity contribution >= 4 is 17.7 Å². The molecule has 5 heteroatoms. The van der Waals surface area contributed by atoms with Crippen LogP contribution in [0.15, 0.2) is 17.2 Å². The van der Waals surface area contributed by atoms with Crippen LogP contribution in [0.4, 0.5) is 0 Å². The molecule has 1 N–H and O–H groups in total. The SMILES string of the molecule is CCOC(=O)CSc1nc(C)ccc1O. The molecule has 0 atom stereocenters. The molecule has 1 aromatic rings. The Bertz CT molecular complexity index is 355. The number of aromatic hydroxyl groups is 1. The summed E-state index contributed by atoms with van der Waals surface area (Å²) in [5.74, 6) is -0.0437. The third kappa shape index (κ3) is 3.79. The number of nitrogens with zero attached hydrogens (tertiary/aromatic N) is 1. The fourth-order valence-electron chi connectivity index (χ4n) is 0.962. The minimum absolute atomic E-state index is 0.0925. The first-order chi connectivity index (χ1) is 7.13. The molecule has 0 bridgehead atoms. The van der Waals surface area contributed by atoms with Gasteiger partial charge in [-0.1, -0.05) is 11.8 Å². The van der Waals surface area contributed by atoms with Gasteiger partial charge in [0.05, 0.1) is 12.4 Å². The first-order valence-corrected chi connectivity index (χ1v) is 5.57. The molecule has 0 radical (unpaired) electrons. The lowest BCUT2D eigenvalue weighted by molar-refractivity contribution is -0.139. The summed E-state index contributed by atoms with van der Waals surface area (Å²) in [6, 6.07) is 3.28. The van der Waals surface area contributed by atoms with Crippen molar-refractivity contribution in [3.8, 4) is 5.75 Å². The molecule has 4 nitrogen and oxygen atoms in total. The highest BCUT2D eigenvalue weighted by molar-refractivity contribution is 8.00. The van der Waals surface area contributed by atoms with Crippen LogP contribution in [0, 0.1) is 6.92 Å².